The molecule has 1 heterocycles. The van der Waals surface area contributed by atoms with Gasteiger partial charge in [-0.3, -0.25) is 4.79 Å². The van der Waals surface area contributed by atoms with Crippen molar-refractivity contribution in [2.24, 2.45) is 5.10 Å². The topological polar surface area (TPSA) is 85.7 Å². The van der Waals surface area contributed by atoms with Gasteiger partial charge in [0.05, 0.1) is 29.7 Å². The first-order chi connectivity index (χ1) is 13.4. The fourth-order valence-corrected chi connectivity index (χ4v) is 3.63. The maximum absolute atomic E-state index is 12.0. The Bertz CT molecular complexity index is 841. The summed E-state index contributed by atoms with van der Waals surface area (Å²) in [7, 11) is 0. The van der Waals surface area contributed by atoms with E-state index in [1.165, 1.54) is 11.8 Å². The molecule has 0 atom stereocenters. The highest BCUT2D eigenvalue weighted by Gasteiger charge is 2.11. The van der Waals surface area contributed by atoms with E-state index in [0.717, 1.165) is 21.4 Å². The summed E-state index contributed by atoms with van der Waals surface area (Å²) in [6.45, 7) is 8.66. The molecule has 0 bridgehead atoms. The Kier molecular flexibility index (Phi) is 8.72. The lowest BCUT2D eigenvalue weighted by Crippen LogP contribution is -2.19. The first kappa shape index (κ1) is 22.2. The number of halogens is 1. The second-order valence-corrected chi connectivity index (χ2v) is 7.51. The SMILES string of the molecule is CCOc1cc(/C=N\NC(=O)CSc2nc(C)cc(C)n2)cc(Br)c1OCC. The molecule has 0 aliphatic rings. The van der Waals surface area contributed by atoms with Crippen LogP contribution in [0.1, 0.15) is 30.8 Å². The van der Waals surface area contributed by atoms with Crippen LogP contribution < -0.4 is 14.9 Å². The summed E-state index contributed by atoms with van der Waals surface area (Å²) in [5.74, 6) is 1.21. The lowest BCUT2D eigenvalue weighted by molar-refractivity contribution is -0.118. The minimum Gasteiger partial charge on any atom is -0.490 e. The standard InChI is InChI=1S/C19H23BrN4O3S/c1-5-26-16-9-14(8-15(20)18(16)27-6-2)10-21-24-17(25)11-28-19-22-12(3)7-13(4)23-19/h7-10H,5-6,11H2,1-4H3,(H,24,25)/b21-10-. The van der Waals surface area contributed by atoms with Crippen LogP contribution in [0.25, 0.3) is 0 Å². The summed E-state index contributed by atoms with van der Waals surface area (Å²) in [5, 5.41) is 4.59. The van der Waals surface area contributed by atoms with Crippen molar-refractivity contribution in [2.75, 3.05) is 19.0 Å². The number of amides is 1. The molecular weight excluding hydrogens is 444 g/mol. The predicted molar refractivity (Wildman–Crippen MR) is 114 cm³/mol. The molecule has 1 N–H and O–H groups in total. The fourth-order valence-electron chi connectivity index (χ4n) is 2.31. The number of hydrazone groups is 1. The van der Waals surface area contributed by atoms with Crippen molar-refractivity contribution < 1.29 is 14.3 Å². The Morgan fingerprint density at radius 3 is 2.50 bits per heavy atom. The largest absolute Gasteiger partial charge is 0.490 e. The van der Waals surface area contributed by atoms with Crippen LogP contribution in [0, 0.1) is 13.8 Å². The van der Waals surface area contributed by atoms with Crippen LogP contribution in [0.3, 0.4) is 0 Å². The molecule has 2 aromatic rings. The molecule has 9 heteroatoms. The number of carbonyl (C=O) groups excluding carboxylic acids is 1. The number of hydrogen-bond acceptors (Lipinski definition) is 7. The van der Waals surface area contributed by atoms with E-state index >= 15 is 0 Å². The molecular formula is C19H23BrN4O3S. The van der Waals surface area contributed by atoms with E-state index in [9.17, 15) is 4.79 Å². The lowest BCUT2D eigenvalue weighted by atomic mass is 10.2. The number of ether oxygens (including phenoxy) is 2. The van der Waals surface area contributed by atoms with Crippen molar-refractivity contribution in [2.45, 2.75) is 32.9 Å². The van der Waals surface area contributed by atoms with Crippen molar-refractivity contribution in [1.29, 1.82) is 0 Å². The van der Waals surface area contributed by atoms with Gasteiger partial charge < -0.3 is 9.47 Å². The van der Waals surface area contributed by atoms with Gasteiger partial charge in [-0.1, -0.05) is 11.8 Å². The Morgan fingerprint density at radius 2 is 1.86 bits per heavy atom. The molecule has 0 aliphatic carbocycles. The van der Waals surface area contributed by atoms with Gasteiger partial charge in [0.25, 0.3) is 5.91 Å². The molecule has 150 valence electrons. The molecule has 0 saturated carbocycles. The highest BCUT2D eigenvalue weighted by molar-refractivity contribution is 9.10. The van der Waals surface area contributed by atoms with E-state index in [4.69, 9.17) is 9.47 Å². The van der Waals surface area contributed by atoms with Crippen LogP contribution in [-0.4, -0.2) is 41.1 Å². The minimum atomic E-state index is -0.237. The van der Waals surface area contributed by atoms with E-state index in [2.05, 4.69) is 36.4 Å². The highest BCUT2D eigenvalue weighted by Crippen LogP contribution is 2.36. The Morgan fingerprint density at radius 1 is 1.18 bits per heavy atom. The quantitative estimate of drug-likeness (QED) is 0.261. The monoisotopic (exact) mass is 466 g/mol. The second-order valence-electron chi connectivity index (χ2n) is 5.71. The van der Waals surface area contributed by atoms with Crippen molar-refractivity contribution in [3.05, 3.63) is 39.6 Å². The molecule has 1 aromatic carbocycles. The number of aryl methyl sites for hydroxylation is 2. The van der Waals surface area contributed by atoms with E-state index in [1.807, 2.05) is 45.9 Å². The van der Waals surface area contributed by atoms with Gasteiger partial charge in [0.2, 0.25) is 0 Å². The summed E-state index contributed by atoms with van der Waals surface area (Å²) < 4.78 is 12.0. The molecule has 0 spiro atoms. The number of benzene rings is 1. The molecule has 0 unspecified atom stereocenters. The highest BCUT2D eigenvalue weighted by atomic mass is 79.9. The number of aromatic nitrogens is 2. The molecule has 28 heavy (non-hydrogen) atoms. The Hall–Kier alpha value is -2.13. The van der Waals surface area contributed by atoms with Crippen molar-refractivity contribution in [3.8, 4) is 11.5 Å². The molecule has 0 fully saturated rings. The van der Waals surface area contributed by atoms with Gasteiger partial charge in [-0.25, -0.2) is 15.4 Å². The van der Waals surface area contributed by atoms with Crippen LogP contribution in [-0.2, 0) is 4.79 Å². The van der Waals surface area contributed by atoms with Gasteiger partial charge in [-0.05, 0) is 67.4 Å². The molecule has 0 saturated heterocycles. The predicted octanol–water partition coefficient (Wildman–Crippen LogP) is 3.90. The van der Waals surface area contributed by atoms with Gasteiger partial charge >= 0.3 is 0 Å². The zero-order chi connectivity index (χ0) is 20.5. The third-order valence-corrected chi connectivity index (χ3v) is 4.75. The van der Waals surface area contributed by atoms with E-state index in [1.54, 1.807) is 6.21 Å². The fraction of sp³-hybridized carbons (Fsp3) is 0.368. The first-order valence-electron chi connectivity index (χ1n) is 8.79. The van der Waals surface area contributed by atoms with Crippen molar-refractivity contribution in [1.82, 2.24) is 15.4 Å². The van der Waals surface area contributed by atoms with Gasteiger partial charge in [0.15, 0.2) is 16.7 Å². The summed E-state index contributed by atoms with van der Waals surface area (Å²) >= 11 is 4.75. The van der Waals surface area contributed by atoms with Gasteiger partial charge in [0, 0.05) is 11.4 Å². The molecule has 1 amide bonds. The molecule has 7 nitrogen and oxygen atoms in total. The Balaban J connectivity index is 1.96. The number of carbonyl (C=O) groups is 1. The van der Waals surface area contributed by atoms with Crippen LogP contribution >= 0.6 is 27.7 Å². The van der Waals surface area contributed by atoms with Crippen LogP contribution in [0.2, 0.25) is 0 Å². The minimum absolute atomic E-state index is 0.178. The zero-order valence-electron chi connectivity index (χ0n) is 16.3. The Labute approximate surface area is 177 Å². The number of nitrogens with zero attached hydrogens (tertiary/aromatic N) is 3. The summed E-state index contributed by atoms with van der Waals surface area (Å²) in [4.78, 5) is 20.6. The average Bonchev–Trinajstić information content (AvgIpc) is 2.62. The van der Waals surface area contributed by atoms with Gasteiger partial charge in [-0.15, -0.1) is 0 Å². The zero-order valence-corrected chi connectivity index (χ0v) is 18.7. The summed E-state index contributed by atoms with van der Waals surface area (Å²) in [6.07, 6.45) is 1.55. The van der Waals surface area contributed by atoms with Crippen molar-refractivity contribution in [3.63, 3.8) is 0 Å². The third kappa shape index (κ3) is 6.79. The van der Waals surface area contributed by atoms with Gasteiger partial charge in [0.1, 0.15) is 0 Å². The second kappa shape index (κ2) is 11.0. The number of thioether (sulfide) groups is 1. The van der Waals surface area contributed by atoms with E-state index < -0.39 is 0 Å². The van der Waals surface area contributed by atoms with E-state index in [-0.39, 0.29) is 11.7 Å². The van der Waals surface area contributed by atoms with Gasteiger partial charge in [-0.2, -0.15) is 5.10 Å². The van der Waals surface area contributed by atoms with Crippen LogP contribution in [0.4, 0.5) is 0 Å². The molecule has 1 aromatic heterocycles. The number of hydrogen-bond donors (Lipinski definition) is 1. The maximum atomic E-state index is 12.0. The van der Waals surface area contributed by atoms with Crippen LogP contribution in [0.5, 0.6) is 11.5 Å². The van der Waals surface area contributed by atoms with Crippen LogP contribution in [0.15, 0.2) is 32.9 Å². The summed E-state index contributed by atoms with van der Waals surface area (Å²) in [6, 6.07) is 5.55. The average molecular weight is 467 g/mol. The van der Waals surface area contributed by atoms with Crippen molar-refractivity contribution >= 4 is 39.8 Å². The maximum Gasteiger partial charge on any atom is 0.250 e. The number of rotatable bonds is 9. The molecule has 2 rings (SSSR count). The third-order valence-electron chi connectivity index (χ3n) is 3.32. The lowest BCUT2D eigenvalue weighted by Gasteiger charge is -2.13. The molecule has 0 aliphatic heterocycles. The smallest absolute Gasteiger partial charge is 0.250 e. The first-order valence-corrected chi connectivity index (χ1v) is 10.6. The molecule has 0 radical (unpaired) electrons. The number of nitrogens with one attached hydrogen (secondary N) is 1. The summed E-state index contributed by atoms with van der Waals surface area (Å²) in [5.41, 5.74) is 5.03. The normalized spacial score (nSPS) is 10.9. The van der Waals surface area contributed by atoms with E-state index in [0.29, 0.717) is 29.9 Å².